The molecule has 5 nitrogen and oxygen atoms in total. The third kappa shape index (κ3) is 5.46. The van der Waals surface area contributed by atoms with Crippen molar-refractivity contribution in [3.63, 3.8) is 0 Å². The van der Waals surface area contributed by atoms with E-state index in [2.05, 4.69) is 15.3 Å². The number of aromatic nitrogens is 2. The number of alkyl halides is 3. The molecule has 0 aliphatic carbocycles. The van der Waals surface area contributed by atoms with Crippen LogP contribution in [0.5, 0.6) is 0 Å². The molecule has 0 aromatic carbocycles. The van der Waals surface area contributed by atoms with Crippen LogP contribution in [-0.2, 0) is 0 Å². The number of carboxylic acids is 1. The summed E-state index contributed by atoms with van der Waals surface area (Å²) in [6.45, 7) is 0.263. The smallest absolute Gasteiger partial charge is 0.389 e. The molecule has 0 aliphatic heterocycles. The number of hydrogen-bond donors (Lipinski definition) is 2. The number of nitrogens with one attached hydrogen (secondary N) is 1. The monoisotopic (exact) mass is 263 g/mol. The summed E-state index contributed by atoms with van der Waals surface area (Å²) in [6, 6.07) is 1.23. The third-order valence-electron chi connectivity index (χ3n) is 2.04. The van der Waals surface area contributed by atoms with Crippen molar-refractivity contribution >= 4 is 11.9 Å². The highest BCUT2D eigenvalue weighted by molar-refractivity contribution is 5.85. The van der Waals surface area contributed by atoms with Crippen molar-refractivity contribution in [2.24, 2.45) is 0 Å². The Labute approximate surface area is 101 Å². The molecule has 1 aromatic rings. The Bertz CT molecular complexity index is 410. The summed E-state index contributed by atoms with van der Waals surface area (Å²) in [7, 11) is 0. The van der Waals surface area contributed by atoms with Crippen molar-refractivity contribution in [2.75, 3.05) is 11.9 Å². The van der Waals surface area contributed by atoms with E-state index in [1.807, 2.05) is 0 Å². The molecule has 1 rings (SSSR count). The fraction of sp³-hybridized carbons (Fsp3) is 0.500. The summed E-state index contributed by atoms with van der Waals surface area (Å²) >= 11 is 0. The van der Waals surface area contributed by atoms with Crippen molar-refractivity contribution in [1.82, 2.24) is 9.97 Å². The predicted molar refractivity (Wildman–Crippen MR) is 57.4 cm³/mol. The Hall–Kier alpha value is -1.86. The molecule has 0 fully saturated rings. The molecule has 0 aliphatic rings. The minimum atomic E-state index is -4.14. The molecule has 0 spiro atoms. The van der Waals surface area contributed by atoms with E-state index >= 15 is 0 Å². The van der Waals surface area contributed by atoms with Crippen LogP contribution >= 0.6 is 0 Å². The number of aromatic carboxylic acids is 1. The van der Waals surface area contributed by atoms with Gasteiger partial charge in [0.1, 0.15) is 0 Å². The minimum Gasteiger partial charge on any atom is -0.477 e. The zero-order valence-electron chi connectivity index (χ0n) is 9.37. The van der Waals surface area contributed by atoms with Gasteiger partial charge < -0.3 is 10.4 Å². The molecule has 100 valence electrons. The van der Waals surface area contributed by atoms with Crippen molar-refractivity contribution in [3.05, 3.63) is 18.0 Å². The van der Waals surface area contributed by atoms with Gasteiger partial charge in [0.25, 0.3) is 0 Å². The third-order valence-corrected chi connectivity index (χ3v) is 2.04. The number of halogens is 3. The van der Waals surface area contributed by atoms with Crippen LogP contribution in [0.3, 0.4) is 0 Å². The molecule has 8 heteroatoms. The lowest BCUT2D eigenvalue weighted by Gasteiger charge is -2.07. The molecule has 0 saturated heterocycles. The predicted octanol–water partition coefficient (Wildman–Crippen LogP) is 2.32. The van der Waals surface area contributed by atoms with E-state index in [-0.39, 0.29) is 24.6 Å². The maximum absolute atomic E-state index is 11.8. The molecule has 2 N–H and O–H groups in total. The Morgan fingerprint density at radius 1 is 1.39 bits per heavy atom. The van der Waals surface area contributed by atoms with Crippen LogP contribution < -0.4 is 5.32 Å². The highest BCUT2D eigenvalue weighted by atomic mass is 19.4. The second-order valence-electron chi connectivity index (χ2n) is 3.57. The number of unbranched alkanes of at least 4 members (excludes halogenated alkanes) is 1. The largest absolute Gasteiger partial charge is 0.477 e. The van der Waals surface area contributed by atoms with Gasteiger partial charge in [0, 0.05) is 19.2 Å². The lowest BCUT2D eigenvalue weighted by atomic mass is 10.2. The van der Waals surface area contributed by atoms with Crippen LogP contribution in [-0.4, -0.2) is 33.8 Å². The number of rotatable bonds is 6. The fourth-order valence-corrected chi connectivity index (χ4v) is 1.21. The first kappa shape index (κ1) is 14.2. The van der Waals surface area contributed by atoms with Crippen LogP contribution in [0.15, 0.2) is 12.3 Å². The van der Waals surface area contributed by atoms with Gasteiger partial charge in [0.05, 0.1) is 0 Å². The molecule has 1 aromatic heterocycles. The van der Waals surface area contributed by atoms with E-state index in [9.17, 15) is 18.0 Å². The lowest BCUT2D eigenvalue weighted by molar-refractivity contribution is -0.135. The number of carboxylic acid groups (broad SMARTS) is 1. The summed E-state index contributed by atoms with van der Waals surface area (Å²) in [5, 5.41) is 11.3. The Balaban J connectivity index is 2.31. The van der Waals surface area contributed by atoms with Gasteiger partial charge >= 0.3 is 12.1 Å². The van der Waals surface area contributed by atoms with Gasteiger partial charge in [-0.2, -0.15) is 13.2 Å². The second kappa shape index (κ2) is 6.18. The van der Waals surface area contributed by atoms with E-state index in [0.717, 1.165) is 0 Å². The standard InChI is InChI=1S/C10H12F3N3O2/c11-10(12,13)4-1-2-5-14-9-15-6-3-7(16-9)8(17)18/h3,6H,1-2,4-5H2,(H,17,18)(H,14,15,16). The molecule has 18 heavy (non-hydrogen) atoms. The van der Waals surface area contributed by atoms with E-state index in [0.29, 0.717) is 6.42 Å². The highest BCUT2D eigenvalue weighted by Gasteiger charge is 2.25. The first-order valence-electron chi connectivity index (χ1n) is 5.25. The van der Waals surface area contributed by atoms with Crippen LogP contribution in [0, 0.1) is 0 Å². The minimum absolute atomic E-state index is 0.00905. The van der Waals surface area contributed by atoms with Gasteiger partial charge in [0.15, 0.2) is 5.69 Å². The summed E-state index contributed by atoms with van der Waals surface area (Å²) in [5.41, 5.74) is -0.164. The first-order chi connectivity index (χ1) is 8.38. The van der Waals surface area contributed by atoms with Gasteiger partial charge in [0.2, 0.25) is 5.95 Å². The maximum Gasteiger partial charge on any atom is 0.389 e. The second-order valence-corrected chi connectivity index (χ2v) is 3.57. The zero-order valence-corrected chi connectivity index (χ0v) is 9.37. The van der Waals surface area contributed by atoms with Crippen LogP contribution in [0.1, 0.15) is 29.8 Å². The average Bonchev–Trinajstić information content (AvgIpc) is 2.27. The SMILES string of the molecule is O=C(O)c1ccnc(NCCCCC(F)(F)F)n1. The number of anilines is 1. The van der Waals surface area contributed by atoms with Crippen molar-refractivity contribution in [1.29, 1.82) is 0 Å². The molecular weight excluding hydrogens is 251 g/mol. The van der Waals surface area contributed by atoms with Gasteiger partial charge in [-0.1, -0.05) is 0 Å². The van der Waals surface area contributed by atoms with Gasteiger partial charge in [-0.3, -0.25) is 0 Å². The molecule has 0 saturated carbocycles. The number of carbonyl (C=O) groups is 1. The maximum atomic E-state index is 11.8. The molecule has 0 amide bonds. The topological polar surface area (TPSA) is 75.1 Å². The van der Waals surface area contributed by atoms with Gasteiger partial charge in [-0.15, -0.1) is 0 Å². The molecular formula is C10H12F3N3O2. The molecule has 0 radical (unpaired) electrons. The van der Waals surface area contributed by atoms with Crippen molar-refractivity contribution in [2.45, 2.75) is 25.4 Å². The van der Waals surface area contributed by atoms with Crippen LogP contribution in [0.2, 0.25) is 0 Å². The Kier molecular flexibility index (Phi) is 4.87. The summed E-state index contributed by atoms with van der Waals surface area (Å²) in [5.74, 6) is -1.08. The molecule has 0 unspecified atom stereocenters. The van der Waals surface area contributed by atoms with E-state index in [4.69, 9.17) is 5.11 Å². The molecule has 1 heterocycles. The van der Waals surface area contributed by atoms with Crippen LogP contribution in [0.4, 0.5) is 19.1 Å². The molecule has 0 bridgehead atoms. The lowest BCUT2D eigenvalue weighted by Crippen LogP contribution is -2.11. The van der Waals surface area contributed by atoms with Crippen molar-refractivity contribution < 1.29 is 23.1 Å². The van der Waals surface area contributed by atoms with E-state index < -0.39 is 18.6 Å². The summed E-state index contributed by atoms with van der Waals surface area (Å²) in [4.78, 5) is 18.0. The molecule has 0 atom stereocenters. The zero-order chi connectivity index (χ0) is 13.6. The normalized spacial score (nSPS) is 11.3. The van der Waals surface area contributed by atoms with Gasteiger partial charge in [-0.05, 0) is 18.9 Å². The average molecular weight is 263 g/mol. The Morgan fingerprint density at radius 2 is 2.11 bits per heavy atom. The van der Waals surface area contributed by atoms with Crippen molar-refractivity contribution in [3.8, 4) is 0 Å². The summed E-state index contributed by atoms with van der Waals surface area (Å²) in [6.07, 6.45) is -3.38. The van der Waals surface area contributed by atoms with E-state index in [1.54, 1.807) is 0 Å². The Morgan fingerprint density at radius 3 is 2.72 bits per heavy atom. The highest BCUT2D eigenvalue weighted by Crippen LogP contribution is 2.21. The summed E-state index contributed by atoms with van der Waals surface area (Å²) < 4.78 is 35.5. The van der Waals surface area contributed by atoms with E-state index in [1.165, 1.54) is 12.3 Å². The number of hydrogen-bond acceptors (Lipinski definition) is 4. The quantitative estimate of drug-likeness (QED) is 0.770. The number of nitrogens with zero attached hydrogens (tertiary/aromatic N) is 2. The van der Waals surface area contributed by atoms with Gasteiger partial charge in [-0.25, -0.2) is 14.8 Å². The van der Waals surface area contributed by atoms with Crippen LogP contribution in [0.25, 0.3) is 0 Å². The first-order valence-corrected chi connectivity index (χ1v) is 5.25. The fourth-order valence-electron chi connectivity index (χ4n) is 1.21.